The van der Waals surface area contributed by atoms with Gasteiger partial charge in [-0.05, 0) is 12.8 Å². The Balaban J connectivity index is 2.24. The lowest BCUT2D eigenvalue weighted by Gasteiger charge is -2.08. The summed E-state index contributed by atoms with van der Waals surface area (Å²) in [6, 6.07) is 0.264. The number of nitrogens with one attached hydrogen (secondary N) is 1. The van der Waals surface area contributed by atoms with Crippen molar-refractivity contribution in [2.75, 3.05) is 6.54 Å². The van der Waals surface area contributed by atoms with Crippen molar-refractivity contribution in [3.63, 3.8) is 0 Å². The van der Waals surface area contributed by atoms with Crippen molar-refractivity contribution in [1.82, 2.24) is 10.3 Å². The van der Waals surface area contributed by atoms with Gasteiger partial charge in [0.25, 0.3) is 0 Å². The molecule has 1 aromatic rings. The fourth-order valence-electron chi connectivity index (χ4n) is 1.10. The molecule has 0 aromatic carbocycles. The highest BCUT2D eigenvalue weighted by Gasteiger charge is 2.01. The monoisotopic (exact) mass is 213 g/mol. The van der Waals surface area contributed by atoms with Crippen molar-refractivity contribution in [1.29, 1.82) is 0 Å². The lowest BCUT2D eigenvalue weighted by atomic mass is 10.2. The molecule has 1 aromatic heterocycles. The minimum atomic E-state index is 0.264. The second kappa shape index (κ2) is 6.11. The smallest absolute Gasteiger partial charge is 0.107 e. The van der Waals surface area contributed by atoms with Crippen LogP contribution in [0.15, 0.2) is 6.20 Å². The number of hydrogen-bond donors (Lipinski definition) is 2. The van der Waals surface area contributed by atoms with Crippen molar-refractivity contribution >= 4 is 11.3 Å². The van der Waals surface area contributed by atoms with Gasteiger partial charge in [-0.1, -0.05) is 13.8 Å². The molecule has 0 amide bonds. The Morgan fingerprint density at radius 2 is 2.36 bits per heavy atom. The number of nitrogens with zero attached hydrogens (tertiary/aromatic N) is 1. The number of rotatable bonds is 6. The fourth-order valence-corrected chi connectivity index (χ4v) is 1.93. The third-order valence-corrected chi connectivity index (χ3v) is 3.30. The summed E-state index contributed by atoms with van der Waals surface area (Å²) in [5, 5.41) is 4.47. The molecule has 0 saturated carbocycles. The predicted molar refractivity (Wildman–Crippen MR) is 61.5 cm³/mol. The summed E-state index contributed by atoms with van der Waals surface area (Å²) in [5.41, 5.74) is 5.79. The van der Waals surface area contributed by atoms with Crippen molar-refractivity contribution in [2.45, 2.75) is 39.3 Å². The Kier molecular flexibility index (Phi) is 5.07. The van der Waals surface area contributed by atoms with Crippen molar-refractivity contribution in [2.24, 2.45) is 5.73 Å². The molecule has 0 aliphatic rings. The Hall–Kier alpha value is -0.450. The molecule has 0 fully saturated rings. The molecule has 14 heavy (non-hydrogen) atoms. The maximum atomic E-state index is 5.79. The first-order valence-electron chi connectivity index (χ1n) is 5.16. The van der Waals surface area contributed by atoms with Gasteiger partial charge in [-0.3, -0.25) is 0 Å². The van der Waals surface area contributed by atoms with Gasteiger partial charge in [-0.15, -0.1) is 11.3 Å². The lowest BCUT2D eigenvalue weighted by molar-refractivity contribution is 0.562. The molecule has 3 nitrogen and oxygen atoms in total. The van der Waals surface area contributed by atoms with E-state index in [0.29, 0.717) is 0 Å². The van der Waals surface area contributed by atoms with Crippen LogP contribution < -0.4 is 11.1 Å². The molecular formula is C10H19N3S. The second-order valence-electron chi connectivity index (χ2n) is 3.37. The maximum Gasteiger partial charge on any atom is 0.107 e. The second-order valence-corrected chi connectivity index (χ2v) is 4.57. The van der Waals surface area contributed by atoms with E-state index in [9.17, 15) is 0 Å². The van der Waals surface area contributed by atoms with Gasteiger partial charge in [0.15, 0.2) is 0 Å². The molecule has 1 heterocycles. The number of thiazole rings is 1. The summed E-state index contributed by atoms with van der Waals surface area (Å²) in [6.45, 7) is 5.97. The molecule has 1 unspecified atom stereocenters. The van der Waals surface area contributed by atoms with Gasteiger partial charge < -0.3 is 11.1 Å². The van der Waals surface area contributed by atoms with E-state index in [1.54, 1.807) is 11.3 Å². The van der Waals surface area contributed by atoms with Crippen LogP contribution in [0.2, 0.25) is 0 Å². The van der Waals surface area contributed by atoms with Gasteiger partial charge in [0.1, 0.15) is 5.01 Å². The summed E-state index contributed by atoms with van der Waals surface area (Å²) in [4.78, 5) is 5.67. The summed E-state index contributed by atoms with van der Waals surface area (Å²) in [5.74, 6) is 0. The van der Waals surface area contributed by atoms with E-state index in [-0.39, 0.29) is 6.04 Å². The Bertz CT molecular complexity index is 260. The first-order valence-corrected chi connectivity index (χ1v) is 5.97. The van der Waals surface area contributed by atoms with Crippen molar-refractivity contribution in [3.8, 4) is 0 Å². The van der Waals surface area contributed by atoms with Crippen LogP contribution in [0.5, 0.6) is 0 Å². The zero-order valence-electron chi connectivity index (χ0n) is 8.92. The molecule has 0 bridgehead atoms. The molecule has 0 spiro atoms. The Morgan fingerprint density at radius 1 is 1.57 bits per heavy atom. The average molecular weight is 213 g/mol. The molecule has 0 radical (unpaired) electrons. The maximum absolute atomic E-state index is 5.79. The normalized spacial score (nSPS) is 13.1. The summed E-state index contributed by atoms with van der Waals surface area (Å²) >= 11 is 1.78. The van der Waals surface area contributed by atoms with E-state index < -0.39 is 0 Å². The van der Waals surface area contributed by atoms with E-state index in [1.165, 1.54) is 4.88 Å². The highest BCUT2D eigenvalue weighted by Crippen LogP contribution is 2.12. The largest absolute Gasteiger partial charge is 0.327 e. The first-order chi connectivity index (χ1) is 6.76. The molecule has 0 aliphatic carbocycles. The highest BCUT2D eigenvalue weighted by atomic mass is 32.1. The number of nitrogens with two attached hydrogens (primary N) is 1. The van der Waals surface area contributed by atoms with Crippen LogP contribution in [0.3, 0.4) is 0 Å². The van der Waals surface area contributed by atoms with Gasteiger partial charge in [0.2, 0.25) is 0 Å². The fraction of sp³-hybridized carbons (Fsp3) is 0.700. The van der Waals surface area contributed by atoms with Crippen LogP contribution in [0.1, 0.15) is 30.2 Å². The van der Waals surface area contributed by atoms with E-state index in [4.69, 9.17) is 5.73 Å². The van der Waals surface area contributed by atoms with Gasteiger partial charge >= 0.3 is 0 Å². The lowest BCUT2D eigenvalue weighted by Crippen LogP contribution is -2.32. The standard InChI is InChI=1S/C10H19N3S/c1-3-8(11)5-12-7-10-13-6-9(4-2)14-10/h6,8,12H,3-5,7,11H2,1-2H3. The zero-order valence-corrected chi connectivity index (χ0v) is 9.73. The van der Waals surface area contributed by atoms with Crippen molar-refractivity contribution in [3.05, 3.63) is 16.1 Å². The number of hydrogen-bond acceptors (Lipinski definition) is 4. The third kappa shape index (κ3) is 3.74. The molecule has 1 atom stereocenters. The summed E-state index contributed by atoms with van der Waals surface area (Å²) in [7, 11) is 0. The van der Waals surface area contributed by atoms with Crippen LogP contribution in [0.25, 0.3) is 0 Å². The molecular weight excluding hydrogens is 194 g/mol. The molecule has 0 aliphatic heterocycles. The van der Waals surface area contributed by atoms with Crippen LogP contribution in [0.4, 0.5) is 0 Å². The quantitative estimate of drug-likeness (QED) is 0.753. The Labute approximate surface area is 89.7 Å². The van der Waals surface area contributed by atoms with Crippen molar-refractivity contribution < 1.29 is 0 Å². The van der Waals surface area contributed by atoms with Gasteiger partial charge in [-0.25, -0.2) is 4.98 Å². The van der Waals surface area contributed by atoms with Crippen LogP contribution in [0, 0.1) is 0 Å². The Morgan fingerprint density at radius 3 is 2.93 bits per heavy atom. The van der Waals surface area contributed by atoms with Crippen LogP contribution in [-0.2, 0) is 13.0 Å². The van der Waals surface area contributed by atoms with Gasteiger partial charge in [-0.2, -0.15) is 0 Å². The minimum absolute atomic E-state index is 0.264. The molecule has 80 valence electrons. The zero-order chi connectivity index (χ0) is 10.4. The van der Waals surface area contributed by atoms with E-state index in [0.717, 1.165) is 30.9 Å². The van der Waals surface area contributed by atoms with E-state index >= 15 is 0 Å². The molecule has 3 N–H and O–H groups in total. The first kappa shape index (κ1) is 11.6. The predicted octanol–water partition coefficient (Wildman–Crippen LogP) is 1.53. The highest BCUT2D eigenvalue weighted by molar-refractivity contribution is 7.11. The van der Waals surface area contributed by atoms with E-state index in [1.807, 2.05) is 6.20 Å². The number of aryl methyl sites for hydroxylation is 1. The van der Waals surface area contributed by atoms with Gasteiger partial charge in [0, 0.05) is 30.2 Å². The number of aromatic nitrogens is 1. The SMILES string of the molecule is CCc1cnc(CNCC(N)CC)s1. The van der Waals surface area contributed by atoms with E-state index in [2.05, 4.69) is 24.1 Å². The molecule has 0 saturated heterocycles. The average Bonchev–Trinajstić information content (AvgIpc) is 2.65. The molecule has 4 heteroatoms. The topological polar surface area (TPSA) is 50.9 Å². The summed E-state index contributed by atoms with van der Waals surface area (Å²) in [6.07, 6.45) is 4.05. The van der Waals surface area contributed by atoms with Crippen LogP contribution in [-0.4, -0.2) is 17.6 Å². The van der Waals surface area contributed by atoms with Gasteiger partial charge in [0.05, 0.1) is 0 Å². The summed E-state index contributed by atoms with van der Waals surface area (Å²) < 4.78 is 0. The minimum Gasteiger partial charge on any atom is -0.327 e. The molecule has 1 rings (SSSR count). The van der Waals surface area contributed by atoms with Crippen LogP contribution >= 0.6 is 11.3 Å². The third-order valence-electron chi connectivity index (χ3n) is 2.16.